The molecule has 0 amide bonds. The maximum absolute atomic E-state index is 11.1. The Balaban J connectivity index is 1.90. The number of halogens is 2. The summed E-state index contributed by atoms with van der Waals surface area (Å²) in [6.45, 7) is 0.928. The average Bonchev–Trinajstić information content (AvgIpc) is 2.68. The Bertz CT molecular complexity index is 924. The van der Waals surface area contributed by atoms with E-state index in [1.165, 1.54) is 0 Å². The van der Waals surface area contributed by atoms with E-state index in [4.69, 9.17) is 28.2 Å². The average molecular weight is 387 g/mol. The third-order valence-electron chi connectivity index (χ3n) is 4.98. The first-order valence-corrected chi connectivity index (χ1v) is 9.65. The van der Waals surface area contributed by atoms with E-state index in [1.54, 1.807) is 6.07 Å². The molecule has 3 aromatic rings. The van der Waals surface area contributed by atoms with E-state index in [1.807, 2.05) is 42.5 Å². The molecule has 0 bridgehead atoms. The molecule has 2 aromatic carbocycles. The second-order valence-electron chi connectivity index (χ2n) is 6.75. The molecule has 134 valence electrons. The second-order valence-corrected chi connectivity index (χ2v) is 7.59. The Morgan fingerprint density at radius 1 is 1.08 bits per heavy atom. The molecule has 0 aliphatic carbocycles. The standard InChI is InChI=1S/C21H20Cl2N2O/c22-14-10-15-16(21(26)18-8-4-5-9-24-18)12-19(13-6-2-1-3-7-13)25-20(15)17(23)11-14/h1-3,6-7,10-12,18,21,24,26H,4-5,8-9H2. The summed E-state index contributed by atoms with van der Waals surface area (Å²) < 4.78 is 0. The number of rotatable bonds is 3. The van der Waals surface area contributed by atoms with E-state index < -0.39 is 6.10 Å². The number of hydrogen-bond acceptors (Lipinski definition) is 3. The number of pyridine rings is 1. The number of nitrogens with one attached hydrogen (secondary N) is 1. The molecule has 26 heavy (non-hydrogen) atoms. The van der Waals surface area contributed by atoms with Gasteiger partial charge in [0.2, 0.25) is 0 Å². The maximum atomic E-state index is 11.1. The van der Waals surface area contributed by atoms with Gasteiger partial charge in [-0.15, -0.1) is 0 Å². The molecule has 1 fully saturated rings. The minimum atomic E-state index is -0.641. The van der Waals surface area contributed by atoms with Crippen LogP contribution in [-0.4, -0.2) is 22.7 Å². The second kappa shape index (κ2) is 7.53. The molecule has 0 saturated carbocycles. The van der Waals surface area contributed by atoms with Crippen molar-refractivity contribution in [3.8, 4) is 11.3 Å². The number of piperidine rings is 1. The van der Waals surface area contributed by atoms with Gasteiger partial charge in [0.15, 0.2) is 0 Å². The SMILES string of the molecule is OC(c1cc(-c2ccccc2)nc2c(Cl)cc(Cl)cc12)C1CCCCN1. The number of aliphatic hydroxyl groups is 1. The van der Waals surface area contributed by atoms with E-state index in [9.17, 15) is 5.11 Å². The van der Waals surface area contributed by atoms with Gasteiger partial charge in [-0.2, -0.15) is 0 Å². The fourth-order valence-corrected chi connectivity index (χ4v) is 4.18. The monoisotopic (exact) mass is 386 g/mol. The van der Waals surface area contributed by atoms with Crippen LogP contribution in [0.3, 0.4) is 0 Å². The number of hydrogen-bond donors (Lipinski definition) is 2. The summed E-state index contributed by atoms with van der Waals surface area (Å²) in [4.78, 5) is 4.75. The van der Waals surface area contributed by atoms with Crippen LogP contribution >= 0.6 is 23.2 Å². The highest BCUT2D eigenvalue weighted by Crippen LogP contribution is 2.36. The van der Waals surface area contributed by atoms with Gasteiger partial charge in [-0.3, -0.25) is 0 Å². The summed E-state index contributed by atoms with van der Waals surface area (Å²) in [5.41, 5.74) is 3.28. The van der Waals surface area contributed by atoms with Crippen LogP contribution in [0, 0.1) is 0 Å². The summed E-state index contributed by atoms with van der Waals surface area (Å²) in [5, 5.41) is 16.4. The zero-order valence-electron chi connectivity index (χ0n) is 14.3. The Hall–Kier alpha value is -1.65. The van der Waals surface area contributed by atoms with Crippen LogP contribution in [0.4, 0.5) is 0 Å². The Labute approximate surface area is 163 Å². The summed E-state index contributed by atoms with van der Waals surface area (Å²) >= 11 is 12.7. The molecule has 5 heteroatoms. The quantitative estimate of drug-likeness (QED) is 0.634. The molecule has 2 heterocycles. The first kappa shape index (κ1) is 17.7. The van der Waals surface area contributed by atoms with Crippen molar-refractivity contribution >= 4 is 34.1 Å². The van der Waals surface area contributed by atoms with Crippen molar-refractivity contribution < 1.29 is 5.11 Å². The lowest BCUT2D eigenvalue weighted by molar-refractivity contribution is 0.115. The van der Waals surface area contributed by atoms with E-state index in [2.05, 4.69) is 5.32 Å². The van der Waals surface area contributed by atoms with Gasteiger partial charge in [-0.1, -0.05) is 60.0 Å². The van der Waals surface area contributed by atoms with Gasteiger partial charge in [-0.05, 0) is 43.1 Å². The highest BCUT2D eigenvalue weighted by molar-refractivity contribution is 6.38. The van der Waals surface area contributed by atoms with Gasteiger partial charge < -0.3 is 10.4 Å². The van der Waals surface area contributed by atoms with Crippen LogP contribution in [0.15, 0.2) is 48.5 Å². The molecular weight excluding hydrogens is 367 g/mol. The lowest BCUT2D eigenvalue weighted by Gasteiger charge is -2.29. The van der Waals surface area contributed by atoms with E-state index in [0.717, 1.165) is 48.0 Å². The molecule has 2 atom stereocenters. The van der Waals surface area contributed by atoms with Crippen LogP contribution in [0.25, 0.3) is 22.2 Å². The minimum absolute atomic E-state index is 0.0238. The first-order valence-electron chi connectivity index (χ1n) is 8.90. The van der Waals surface area contributed by atoms with E-state index in [-0.39, 0.29) is 6.04 Å². The van der Waals surface area contributed by atoms with Crippen LogP contribution in [0.2, 0.25) is 10.0 Å². The van der Waals surface area contributed by atoms with Crippen LogP contribution in [-0.2, 0) is 0 Å². The molecule has 0 spiro atoms. The van der Waals surface area contributed by atoms with Crippen LogP contribution < -0.4 is 5.32 Å². The summed E-state index contributed by atoms with van der Waals surface area (Å²) in [7, 11) is 0. The van der Waals surface area contributed by atoms with Crippen molar-refractivity contribution in [1.29, 1.82) is 0 Å². The number of benzene rings is 2. The van der Waals surface area contributed by atoms with Gasteiger partial charge in [0.05, 0.1) is 22.3 Å². The molecule has 2 N–H and O–H groups in total. The molecule has 0 radical (unpaired) electrons. The maximum Gasteiger partial charge on any atom is 0.0950 e. The first-order chi connectivity index (χ1) is 12.6. The fourth-order valence-electron chi connectivity index (χ4n) is 3.64. The lowest BCUT2D eigenvalue weighted by Crippen LogP contribution is -2.38. The normalized spacial score (nSPS) is 18.8. The molecule has 1 aliphatic heterocycles. The van der Waals surface area contributed by atoms with E-state index in [0.29, 0.717) is 15.6 Å². The molecular formula is C21H20Cl2N2O. The Kier molecular flexibility index (Phi) is 5.14. The molecule has 4 rings (SSSR count). The molecule has 3 nitrogen and oxygen atoms in total. The predicted molar refractivity (Wildman–Crippen MR) is 108 cm³/mol. The van der Waals surface area contributed by atoms with Gasteiger partial charge >= 0.3 is 0 Å². The summed E-state index contributed by atoms with van der Waals surface area (Å²) in [6, 6.07) is 15.5. The van der Waals surface area contributed by atoms with Crippen molar-refractivity contribution in [2.75, 3.05) is 6.54 Å². The number of aliphatic hydroxyl groups excluding tert-OH is 1. The van der Waals surface area contributed by atoms with Gasteiger partial charge in [0.25, 0.3) is 0 Å². The summed E-state index contributed by atoms with van der Waals surface area (Å²) in [5.74, 6) is 0. The van der Waals surface area contributed by atoms with Crippen molar-refractivity contribution in [3.05, 3.63) is 64.1 Å². The molecule has 1 saturated heterocycles. The fraction of sp³-hybridized carbons (Fsp3) is 0.286. The van der Waals surface area contributed by atoms with Crippen molar-refractivity contribution in [2.24, 2.45) is 0 Å². The Morgan fingerprint density at radius 2 is 1.88 bits per heavy atom. The smallest absolute Gasteiger partial charge is 0.0950 e. The molecule has 1 aromatic heterocycles. The molecule has 2 unspecified atom stereocenters. The van der Waals surface area contributed by atoms with Gasteiger partial charge in [0.1, 0.15) is 0 Å². The highest BCUT2D eigenvalue weighted by Gasteiger charge is 2.25. The van der Waals surface area contributed by atoms with Crippen LogP contribution in [0.5, 0.6) is 0 Å². The van der Waals surface area contributed by atoms with E-state index >= 15 is 0 Å². The minimum Gasteiger partial charge on any atom is -0.387 e. The highest BCUT2D eigenvalue weighted by atomic mass is 35.5. The number of aromatic nitrogens is 1. The van der Waals surface area contributed by atoms with Crippen molar-refractivity contribution in [1.82, 2.24) is 10.3 Å². The zero-order valence-corrected chi connectivity index (χ0v) is 15.8. The predicted octanol–water partition coefficient (Wildman–Crippen LogP) is 5.38. The number of fused-ring (bicyclic) bond motifs is 1. The largest absolute Gasteiger partial charge is 0.387 e. The third kappa shape index (κ3) is 3.45. The zero-order chi connectivity index (χ0) is 18.1. The van der Waals surface area contributed by atoms with Gasteiger partial charge in [0, 0.05) is 22.0 Å². The van der Waals surface area contributed by atoms with Crippen molar-refractivity contribution in [3.63, 3.8) is 0 Å². The Morgan fingerprint density at radius 3 is 2.62 bits per heavy atom. The number of nitrogens with zero attached hydrogens (tertiary/aromatic N) is 1. The lowest BCUT2D eigenvalue weighted by atomic mass is 9.92. The topological polar surface area (TPSA) is 45.2 Å². The van der Waals surface area contributed by atoms with Crippen molar-refractivity contribution in [2.45, 2.75) is 31.4 Å². The van der Waals surface area contributed by atoms with Crippen LogP contribution in [0.1, 0.15) is 30.9 Å². The van der Waals surface area contributed by atoms with Gasteiger partial charge in [-0.25, -0.2) is 4.98 Å². The third-order valence-corrected chi connectivity index (χ3v) is 5.49. The summed E-state index contributed by atoms with van der Waals surface area (Å²) in [6.07, 6.45) is 2.57. The molecule has 1 aliphatic rings.